The maximum absolute atomic E-state index is 9.26. The number of hydrogen-bond donors (Lipinski definition) is 2. The molecule has 6 heavy (non-hydrogen) atoms. The van der Waals surface area contributed by atoms with Crippen molar-refractivity contribution in [2.75, 3.05) is 0 Å². The minimum Gasteiger partial charge on any atom is -0.479 e. The second-order valence-corrected chi connectivity index (χ2v) is 0.561. The van der Waals surface area contributed by atoms with Crippen LogP contribution in [0.1, 0.15) is 0 Å². The summed E-state index contributed by atoms with van der Waals surface area (Å²) in [6.45, 7) is 0.264. The minimum absolute atomic E-state index is 0.264. The van der Waals surface area contributed by atoms with Crippen LogP contribution in [0.15, 0.2) is 0 Å². The quantitative estimate of drug-likeness (QED) is 0.362. The minimum atomic E-state index is -1.31. The highest BCUT2D eigenvalue weighted by atomic mass is 17.1. The Morgan fingerprint density at radius 3 is 2.33 bits per heavy atom. The Morgan fingerprint density at radius 1 is 1.83 bits per heavy atom. The number of carboxylic acid groups (broad SMARTS) is 1. The molecule has 0 aromatic carbocycles. The molecule has 0 atom stereocenters. The fraction of sp³-hybridized carbons (Fsp3) is 0. The molecule has 0 aliphatic carbocycles. The Morgan fingerprint density at radius 2 is 2.33 bits per heavy atom. The Kier molecular flexibility index (Phi) is 2.35. The summed E-state index contributed by atoms with van der Waals surface area (Å²) >= 11 is 0. The van der Waals surface area contributed by atoms with Crippen LogP contribution in [0.3, 0.4) is 0 Å². The highest BCUT2D eigenvalue weighted by Gasteiger charge is 1.91. The Bertz CT molecular complexity index is 49.5. The molecule has 0 amide bonds. The third kappa shape index (κ3) is 3.39. The molecule has 4 heteroatoms. The van der Waals surface area contributed by atoms with Crippen LogP contribution < -0.4 is 0 Å². The van der Waals surface area contributed by atoms with Gasteiger partial charge in [0.2, 0.25) is 6.61 Å². The van der Waals surface area contributed by atoms with Crippen LogP contribution >= 0.6 is 0 Å². The van der Waals surface area contributed by atoms with Crippen molar-refractivity contribution in [3.8, 4) is 0 Å². The van der Waals surface area contributed by atoms with Crippen molar-refractivity contribution in [2.24, 2.45) is 0 Å². The number of carboxylic acids is 1. The van der Waals surface area contributed by atoms with Crippen molar-refractivity contribution < 1.29 is 20.0 Å². The van der Waals surface area contributed by atoms with Crippen molar-refractivity contribution in [1.29, 1.82) is 0 Å². The fourth-order valence-corrected chi connectivity index (χ4v) is 0.0451. The zero-order chi connectivity index (χ0) is 4.99. The first-order chi connectivity index (χ1) is 2.77. The predicted molar refractivity (Wildman–Crippen MR) is 15.6 cm³/mol. The average Bonchev–Trinajstić information content (AvgIpc) is 1.35. The standard InChI is InChI=1S/C2H3O4/c3-2(4)1-6-5/h1,5H,(H,3,4). The SMILES string of the molecule is O=C(O)[CH]OO. The Labute approximate surface area is 33.9 Å². The molecule has 0 aliphatic rings. The first kappa shape index (κ1) is 5.39. The molecule has 35 valence electrons. The number of carbonyl (C=O) groups is 1. The second-order valence-electron chi connectivity index (χ2n) is 0.561. The average molecular weight is 91.0 g/mol. The van der Waals surface area contributed by atoms with E-state index in [4.69, 9.17) is 10.4 Å². The van der Waals surface area contributed by atoms with E-state index in [2.05, 4.69) is 4.89 Å². The van der Waals surface area contributed by atoms with E-state index in [1.54, 1.807) is 0 Å². The summed E-state index contributed by atoms with van der Waals surface area (Å²) in [4.78, 5) is 12.3. The smallest absolute Gasteiger partial charge is 0.339 e. The van der Waals surface area contributed by atoms with Gasteiger partial charge in [0.1, 0.15) is 0 Å². The Balaban J connectivity index is 2.83. The van der Waals surface area contributed by atoms with Gasteiger partial charge in [0.15, 0.2) is 0 Å². The molecule has 4 nitrogen and oxygen atoms in total. The van der Waals surface area contributed by atoms with E-state index in [-0.39, 0.29) is 6.61 Å². The molecule has 0 aromatic rings. The zero-order valence-corrected chi connectivity index (χ0v) is 2.79. The van der Waals surface area contributed by atoms with Gasteiger partial charge in [-0.3, -0.25) is 5.26 Å². The van der Waals surface area contributed by atoms with E-state index in [0.29, 0.717) is 0 Å². The number of hydrogen-bond acceptors (Lipinski definition) is 3. The first-order valence-corrected chi connectivity index (χ1v) is 1.13. The molecular formula is C2H3O4. The topological polar surface area (TPSA) is 66.8 Å². The van der Waals surface area contributed by atoms with Crippen molar-refractivity contribution in [2.45, 2.75) is 0 Å². The maximum Gasteiger partial charge on any atom is 0.339 e. The Hall–Kier alpha value is -0.610. The van der Waals surface area contributed by atoms with Gasteiger partial charge in [-0.25, -0.2) is 9.68 Å². The van der Waals surface area contributed by atoms with Gasteiger partial charge in [0.25, 0.3) is 0 Å². The first-order valence-electron chi connectivity index (χ1n) is 1.13. The number of aliphatic carboxylic acids is 1. The summed E-state index contributed by atoms with van der Waals surface area (Å²) in [5.74, 6) is -1.31. The number of rotatable bonds is 2. The van der Waals surface area contributed by atoms with Crippen molar-refractivity contribution in [1.82, 2.24) is 0 Å². The van der Waals surface area contributed by atoms with E-state index in [9.17, 15) is 4.79 Å². The molecule has 0 unspecified atom stereocenters. The summed E-state index contributed by atoms with van der Waals surface area (Å²) in [7, 11) is 0. The fourth-order valence-electron chi connectivity index (χ4n) is 0.0451. The third-order valence-corrected chi connectivity index (χ3v) is 0.154. The van der Waals surface area contributed by atoms with Crippen molar-refractivity contribution in [3.63, 3.8) is 0 Å². The molecule has 0 fully saturated rings. The van der Waals surface area contributed by atoms with E-state index in [1.165, 1.54) is 0 Å². The van der Waals surface area contributed by atoms with E-state index >= 15 is 0 Å². The van der Waals surface area contributed by atoms with E-state index in [0.717, 1.165) is 0 Å². The summed E-state index contributed by atoms with van der Waals surface area (Å²) in [5.41, 5.74) is 0. The predicted octanol–water partition coefficient (Wildman–Crippen LogP) is -0.278. The third-order valence-electron chi connectivity index (χ3n) is 0.154. The van der Waals surface area contributed by atoms with Gasteiger partial charge in [-0.1, -0.05) is 0 Å². The van der Waals surface area contributed by atoms with E-state index < -0.39 is 5.97 Å². The molecule has 0 saturated heterocycles. The molecule has 0 aliphatic heterocycles. The zero-order valence-electron chi connectivity index (χ0n) is 2.79. The monoisotopic (exact) mass is 91.0 g/mol. The lowest BCUT2D eigenvalue weighted by molar-refractivity contribution is -0.216. The van der Waals surface area contributed by atoms with E-state index in [1.807, 2.05) is 0 Å². The molecule has 0 saturated carbocycles. The van der Waals surface area contributed by atoms with Gasteiger partial charge < -0.3 is 5.11 Å². The van der Waals surface area contributed by atoms with Crippen LogP contribution in [0.4, 0.5) is 0 Å². The molecule has 2 N–H and O–H groups in total. The molecule has 0 spiro atoms. The van der Waals surface area contributed by atoms with Gasteiger partial charge in [0.05, 0.1) is 0 Å². The highest BCUT2D eigenvalue weighted by molar-refractivity contribution is 5.74. The lowest BCUT2D eigenvalue weighted by Gasteiger charge is -1.80. The van der Waals surface area contributed by atoms with Crippen LogP contribution in [-0.4, -0.2) is 16.3 Å². The van der Waals surface area contributed by atoms with Crippen molar-refractivity contribution in [3.05, 3.63) is 6.61 Å². The summed E-state index contributed by atoms with van der Waals surface area (Å²) in [6, 6.07) is 0. The van der Waals surface area contributed by atoms with Crippen molar-refractivity contribution >= 4 is 5.97 Å². The second kappa shape index (κ2) is 2.62. The summed E-state index contributed by atoms with van der Waals surface area (Å²) in [5, 5.41) is 14.9. The highest BCUT2D eigenvalue weighted by Crippen LogP contribution is 1.70. The maximum atomic E-state index is 9.26. The van der Waals surface area contributed by atoms with Crippen LogP contribution in [0.5, 0.6) is 0 Å². The van der Waals surface area contributed by atoms with Crippen LogP contribution in [0, 0.1) is 6.61 Å². The van der Waals surface area contributed by atoms with Crippen LogP contribution in [0.2, 0.25) is 0 Å². The van der Waals surface area contributed by atoms with Gasteiger partial charge in [-0.05, 0) is 0 Å². The van der Waals surface area contributed by atoms with Gasteiger partial charge in [-0.15, -0.1) is 0 Å². The van der Waals surface area contributed by atoms with Gasteiger partial charge in [-0.2, -0.15) is 0 Å². The molecule has 0 bridgehead atoms. The van der Waals surface area contributed by atoms with Gasteiger partial charge in [0, 0.05) is 0 Å². The molecule has 0 heterocycles. The summed E-state index contributed by atoms with van der Waals surface area (Å²) in [6.07, 6.45) is 0. The summed E-state index contributed by atoms with van der Waals surface area (Å²) < 4.78 is 0. The van der Waals surface area contributed by atoms with Gasteiger partial charge >= 0.3 is 5.97 Å². The van der Waals surface area contributed by atoms with Crippen LogP contribution in [0.25, 0.3) is 0 Å². The lowest BCUT2D eigenvalue weighted by Crippen LogP contribution is -1.95. The largest absolute Gasteiger partial charge is 0.479 e. The molecule has 1 radical (unpaired) electrons. The lowest BCUT2D eigenvalue weighted by atomic mass is 10.8. The van der Waals surface area contributed by atoms with Crippen LogP contribution in [-0.2, 0) is 9.68 Å². The molecule has 0 rings (SSSR count). The normalized spacial score (nSPS) is 8.17. The molecular weight excluding hydrogens is 88.0 g/mol. The molecule has 0 aromatic heterocycles.